The molecule has 6 heteroatoms. The maximum atomic E-state index is 11.4. The zero-order chi connectivity index (χ0) is 24.9. The Bertz CT molecular complexity index is 1090. The van der Waals surface area contributed by atoms with Crippen molar-refractivity contribution in [2.45, 2.75) is 55.4 Å². The highest BCUT2D eigenvalue weighted by atomic mass is 16.5. The quantitative estimate of drug-likeness (QED) is 0.365. The number of hydrogen-bond acceptors (Lipinski definition) is 6. The highest BCUT2D eigenvalue weighted by Crippen LogP contribution is 2.33. The van der Waals surface area contributed by atoms with Gasteiger partial charge in [0.05, 0.1) is 0 Å². The number of carbonyl (C=O) groups is 2. The van der Waals surface area contributed by atoms with Gasteiger partial charge in [0, 0.05) is 11.1 Å². The monoisotopic (exact) mass is 440 g/mol. The Hall–Kier alpha value is -3.54. The lowest BCUT2D eigenvalue weighted by Crippen LogP contribution is -2.10. The number of carbonyl (C=O) groups excluding carboxylic acids is 2. The van der Waals surface area contributed by atoms with Gasteiger partial charge in [0.15, 0.2) is 0 Å². The summed E-state index contributed by atoms with van der Waals surface area (Å²) in [6, 6.07) is 3.24. The molecule has 0 heterocycles. The number of esters is 2. The van der Waals surface area contributed by atoms with Crippen molar-refractivity contribution in [3.63, 3.8) is 0 Å². The van der Waals surface area contributed by atoms with Crippen LogP contribution in [0.3, 0.4) is 0 Å². The van der Waals surface area contributed by atoms with Crippen molar-refractivity contribution < 1.29 is 29.3 Å². The Morgan fingerprint density at radius 1 is 0.719 bits per heavy atom. The molecule has 0 aliphatic carbocycles. The fourth-order valence-corrected chi connectivity index (χ4v) is 2.70. The van der Waals surface area contributed by atoms with E-state index in [9.17, 15) is 19.8 Å². The number of ether oxygens (including phenoxy) is 2. The van der Waals surface area contributed by atoms with Gasteiger partial charge in [-0.15, -0.1) is 0 Å². The minimum absolute atomic E-state index is 0.213. The van der Waals surface area contributed by atoms with E-state index in [2.05, 4.69) is 13.2 Å². The third-order valence-corrected chi connectivity index (χ3v) is 5.10. The number of aryl methyl sites for hydroxylation is 2. The van der Waals surface area contributed by atoms with E-state index in [-0.39, 0.29) is 11.5 Å². The number of benzene rings is 2. The zero-order valence-corrected chi connectivity index (χ0v) is 20.1. The summed E-state index contributed by atoms with van der Waals surface area (Å²) in [4.78, 5) is 22.8. The maximum Gasteiger partial charge on any atom is 0.338 e. The van der Waals surface area contributed by atoms with Crippen molar-refractivity contribution in [1.82, 2.24) is 0 Å². The molecular formula is C26H32O6. The molecule has 172 valence electrons. The summed E-state index contributed by atoms with van der Waals surface area (Å²) in [6.45, 7) is 21.0. The average molecular weight is 441 g/mol. The Kier molecular flexibility index (Phi) is 8.83. The van der Waals surface area contributed by atoms with Crippen LogP contribution in [0.1, 0.15) is 47.2 Å². The molecule has 0 aromatic heterocycles. The predicted molar refractivity (Wildman–Crippen MR) is 126 cm³/mol. The first-order valence-corrected chi connectivity index (χ1v) is 10.0. The van der Waals surface area contributed by atoms with Gasteiger partial charge in [-0.2, -0.15) is 0 Å². The number of rotatable bonds is 4. The first-order valence-electron chi connectivity index (χ1n) is 10.0. The van der Waals surface area contributed by atoms with Crippen LogP contribution in [0.4, 0.5) is 0 Å². The van der Waals surface area contributed by atoms with Crippen LogP contribution in [0.15, 0.2) is 36.4 Å². The molecule has 0 spiro atoms. The minimum atomic E-state index is -0.451. The standard InChI is InChI=1S/2C13H16O3/c1-7(2)13(15)16-11-6-8(3)12(14)10(5)9(11)4;1-7(2)13(15)16-12-8(3)6-11(14)9(4)10(12)5/h2*6,14H,1H2,2-5H3. The molecule has 32 heavy (non-hydrogen) atoms. The predicted octanol–water partition coefficient (Wildman–Crippen LogP) is 5.60. The summed E-state index contributed by atoms with van der Waals surface area (Å²) in [5.74, 6) is 0.533. The molecular weight excluding hydrogens is 408 g/mol. The van der Waals surface area contributed by atoms with Gasteiger partial charge in [-0.05, 0) is 101 Å². The Labute approximate surface area is 189 Å². The molecule has 0 unspecified atom stereocenters. The number of phenols is 2. The molecule has 2 aromatic carbocycles. The molecule has 0 aliphatic rings. The van der Waals surface area contributed by atoms with Crippen LogP contribution >= 0.6 is 0 Å². The van der Waals surface area contributed by atoms with Crippen molar-refractivity contribution >= 4 is 11.9 Å². The smallest absolute Gasteiger partial charge is 0.338 e. The van der Waals surface area contributed by atoms with E-state index < -0.39 is 11.9 Å². The van der Waals surface area contributed by atoms with E-state index in [0.29, 0.717) is 28.2 Å². The van der Waals surface area contributed by atoms with Gasteiger partial charge in [-0.3, -0.25) is 0 Å². The molecule has 0 bridgehead atoms. The van der Waals surface area contributed by atoms with Crippen LogP contribution in [0.2, 0.25) is 0 Å². The second-order valence-electron chi connectivity index (χ2n) is 7.92. The summed E-state index contributed by atoms with van der Waals surface area (Å²) >= 11 is 0. The number of aromatic hydroxyl groups is 2. The van der Waals surface area contributed by atoms with Gasteiger partial charge >= 0.3 is 11.9 Å². The third-order valence-electron chi connectivity index (χ3n) is 5.10. The minimum Gasteiger partial charge on any atom is -0.508 e. The molecule has 6 nitrogen and oxygen atoms in total. The molecule has 0 fully saturated rings. The highest BCUT2D eigenvalue weighted by Gasteiger charge is 2.15. The maximum absolute atomic E-state index is 11.4. The lowest BCUT2D eigenvalue weighted by atomic mass is 10.0. The summed E-state index contributed by atoms with van der Waals surface area (Å²) in [6.07, 6.45) is 0. The molecule has 2 aromatic rings. The van der Waals surface area contributed by atoms with Crippen molar-refractivity contribution in [3.8, 4) is 23.0 Å². The van der Waals surface area contributed by atoms with E-state index in [4.69, 9.17) is 9.47 Å². The molecule has 0 saturated heterocycles. The van der Waals surface area contributed by atoms with Crippen LogP contribution in [-0.2, 0) is 9.59 Å². The largest absolute Gasteiger partial charge is 0.508 e. The van der Waals surface area contributed by atoms with Gasteiger partial charge in [0.25, 0.3) is 0 Å². The molecule has 0 saturated carbocycles. The van der Waals surface area contributed by atoms with Gasteiger partial charge in [0.1, 0.15) is 23.0 Å². The van der Waals surface area contributed by atoms with Crippen molar-refractivity contribution in [3.05, 3.63) is 69.8 Å². The summed E-state index contributed by atoms with van der Waals surface area (Å²) in [7, 11) is 0. The molecule has 0 amide bonds. The summed E-state index contributed by atoms with van der Waals surface area (Å²) in [5.41, 5.74) is 5.10. The Balaban J connectivity index is 0.000000320. The van der Waals surface area contributed by atoms with Crippen LogP contribution in [0, 0.1) is 41.5 Å². The molecule has 2 N–H and O–H groups in total. The van der Waals surface area contributed by atoms with Crippen molar-refractivity contribution in [2.75, 3.05) is 0 Å². The van der Waals surface area contributed by atoms with Gasteiger partial charge < -0.3 is 19.7 Å². The number of phenolic OH excluding ortho intramolecular Hbond substituents is 2. The van der Waals surface area contributed by atoms with Gasteiger partial charge in [0.2, 0.25) is 0 Å². The second-order valence-corrected chi connectivity index (χ2v) is 7.92. The van der Waals surface area contributed by atoms with E-state index >= 15 is 0 Å². The summed E-state index contributed by atoms with van der Waals surface area (Å²) in [5, 5.41) is 19.3. The number of hydrogen-bond donors (Lipinski definition) is 2. The molecule has 0 aliphatic heterocycles. The highest BCUT2D eigenvalue weighted by molar-refractivity contribution is 5.89. The lowest BCUT2D eigenvalue weighted by molar-refractivity contribution is -0.131. The molecule has 0 atom stereocenters. The average Bonchev–Trinajstić information content (AvgIpc) is 2.71. The Morgan fingerprint density at radius 2 is 1.22 bits per heavy atom. The zero-order valence-electron chi connectivity index (χ0n) is 20.1. The molecule has 2 rings (SSSR count). The van der Waals surface area contributed by atoms with Crippen LogP contribution in [0.25, 0.3) is 0 Å². The summed E-state index contributed by atoms with van der Waals surface area (Å²) < 4.78 is 10.4. The van der Waals surface area contributed by atoms with E-state index in [0.717, 1.165) is 27.8 Å². The molecule has 0 radical (unpaired) electrons. The van der Waals surface area contributed by atoms with Crippen molar-refractivity contribution in [1.29, 1.82) is 0 Å². The van der Waals surface area contributed by atoms with E-state index in [1.807, 2.05) is 6.92 Å². The van der Waals surface area contributed by atoms with E-state index in [1.165, 1.54) is 0 Å². The fourth-order valence-electron chi connectivity index (χ4n) is 2.70. The SMILES string of the molecule is C=C(C)C(=O)Oc1c(C)cc(O)c(C)c1C.C=C(C)C(=O)Oc1cc(C)c(O)c(C)c1C. The van der Waals surface area contributed by atoms with Crippen molar-refractivity contribution in [2.24, 2.45) is 0 Å². The van der Waals surface area contributed by atoms with Gasteiger partial charge in [-0.25, -0.2) is 9.59 Å². The van der Waals surface area contributed by atoms with Crippen LogP contribution < -0.4 is 9.47 Å². The first-order chi connectivity index (χ1) is 14.7. The first kappa shape index (κ1) is 26.5. The fraction of sp³-hybridized carbons (Fsp3) is 0.308. The Morgan fingerprint density at radius 3 is 1.72 bits per heavy atom. The van der Waals surface area contributed by atoms with Gasteiger partial charge in [-0.1, -0.05) is 13.2 Å². The second kappa shape index (κ2) is 10.7. The van der Waals surface area contributed by atoms with Crippen LogP contribution in [-0.4, -0.2) is 22.2 Å². The normalized spacial score (nSPS) is 10.0. The topological polar surface area (TPSA) is 93.1 Å². The van der Waals surface area contributed by atoms with Crippen LogP contribution in [0.5, 0.6) is 23.0 Å². The lowest BCUT2D eigenvalue weighted by Gasteiger charge is -2.13. The van der Waals surface area contributed by atoms with E-state index in [1.54, 1.807) is 60.6 Å². The third kappa shape index (κ3) is 6.23.